The lowest BCUT2D eigenvalue weighted by Crippen LogP contribution is -2.37. The number of rotatable bonds is 9. The van der Waals surface area contributed by atoms with Gasteiger partial charge in [0.05, 0.1) is 6.61 Å². The fourth-order valence-electron chi connectivity index (χ4n) is 3.74. The third-order valence-electron chi connectivity index (χ3n) is 5.03. The van der Waals surface area contributed by atoms with Crippen molar-refractivity contribution in [3.05, 3.63) is 103 Å². The van der Waals surface area contributed by atoms with E-state index in [4.69, 9.17) is 9.84 Å². The Hall–Kier alpha value is -3.20. The summed E-state index contributed by atoms with van der Waals surface area (Å²) in [7, 11) is 0. The molecule has 0 heterocycles. The minimum absolute atomic E-state index is 0.0745. The normalized spacial score (nSPS) is 11.3. The summed E-state index contributed by atoms with van der Waals surface area (Å²) in [6, 6.07) is 29.1. The van der Waals surface area contributed by atoms with Gasteiger partial charge in [-0.05, 0) is 42.2 Å². The van der Waals surface area contributed by atoms with Crippen LogP contribution in [0.2, 0.25) is 0 Å². The summed E-state index contributed by atoms with van der Waals surface area (Å²) in [5.41, 5.74) is 0. The molecular formula is C27H27O4P. The van der Waals surface area contributed by atoms with E-state index in [0.717, 1.165) is 15.9 Å². The van der Waals surface area contributed by atoms with Crippen LogP contribution >= 0.6 is 6.89 Å². The van der Waals surface area contributed by atoms with Crippen molar-refractivity contribution in [3.8, 4) is 0 Å². The Kier molecular flexibility index (Phi) is 8.38. The SMILES string of the molecule is CCOC(=O)C(C(=O)/C=C/CCO)=P(c1ccccc1)(c1ccccc1)c1ccccc1. The standard InChI is InChI=1S/C27H27O4P/c1-2-31-27(30)26(25(29)20-12-13-21-28)32(22-14-6-3-7-15-22,23-16-8-4-9-17-23)24-18-10-5-11-19-24/h3-12,14-20,28H,2,13,21H2,1H3/b20-12+. The number of hydrogen-bond donors (Lipinski definition) is 1. The van der Waals surface area contributed by atoms with Gasteiger partial charge in [-0.3, -0.25) is 4.79 Å². The Balaban J connectivity index is 2.56. The number of benzene rings is 3. The third-order valence-corrected chi connectivity index (χ3v) is 9.33. The lowest BCUT2D eigenvalue weighted by atomic mass is 10.2. The second kappa shape index (κ2) is 11.4. The van der Waals surface area contributed by atoms with E-state index in [2.05, 4.69) is 0 Å². The van der Waals surface area contributed by atoms with E-state index in [1.54, 1.807) is 13.0 Å². The van der Waals surface area contributed by atoms with Crippen LogP contribution in [0.5, 0.6) is 0 Å². The molecule has 4 nitrogen and oxygen atoms in total. The first-order chi connectivity index (χ1) is 15.7. The molecule has 0 bridgehead atoms. The second-order valence-corrected chi connectivity index (χ2v) is 10.4. The predicted octanol–water partition coefficient (Wildman–Crippen LogP) is 3.22. The minimum Gasteiger partial charge on any atom is -0.462 e. The molecule has 0 atom stereocenters. The topological polar surface area (TPSA) is 63.6 Å². The molecule has 3 rings (SSSR count). The third kappa shape index (κ3) is 4.83. The van der Waals surface area contributed by atoms with Gasteiger partial charge in [0.15, 0.2) is 5.78 Å². The van der Waals surface area contributed by atoms with Crippen LogP contribution in [0.1, 0.15) is 13.3 Å². The lowest BCUT2D eigenvalue weighted by molar-refractivity contribution is -0.135. The summed E-state index contributed by atoms with van der Waals surface area (Å²) in [5.74, 6) is -1.02. The Morgan fingerprint density at radius 3 is 1.62 bits per heavy atom. The molecule has 0 amide bonds. The highest BCUT2D eigenvalue weighted by molar-refractivity contribution is 7.97. The first kappa shape index (κ1) is 23.5. The number of aliphatic hydroxyl groups excluding tert-OH is 1. The number of hydrogen-bond acceptors (Lipinski definition) is 4. The van der Waals surface area contributed by atoms with Gasteiger partial charge in [-0.1, -0.05) is 97.1 Å². The molecule has 0 spiro atoms. The summed E-state index contributed by atoms with van der Waals surface area (Å²) in [6.07, 6.45) is 3.30. The molecule has 0 aliphatic carbocycles. The number of allylic oxidation sites excluding steroid dienone is 1. The molecule has 0 saturated heterocycles. The molecule has 0 saturated carbocycles. The molecule has 32 heavy (non-hydrogen) atoms. The number of ether oxygens (including phenoxy) is 1. The van der Waals surface area contributed by atoms with E-state index in [1.165, 1.54) is 6.08 Å². The van der Waals surface area contributed by atoms with Gasteiger partial charge in [0.25, 0.3) is 0 Å². The van der Waals surface area contributed by atoms with Crippen LogP contribution in [0.4, 0.5) is 0 Å². The van der Waals surface area contributed by atoms with Gasteiger partial charge >= 0.3 is 5.97 Å². The quantitative estimate of drug-likeness (QED) is 0.237. The highest BCUT2D eigenvalue weighted by Gasteiger charge is 2.36. The number of carbonyl (C=O) groups is 2. The van der Waals surface area contributed by atoms with Gasteiger partial charge in [-0.25, -0.2) is 4.79 Å². The molecule has 164 valence electrons. The van der Waals surface area contributed by atoms with Gasteiger partial charge in [0.2, 0.25) is 0 Å². The van der Waals surface area contributed by atoms with Crippen LogP contribution in [-0.4, -0.2) is 35.4 Å². The fraction of sp³-hybridized carbons (Fsp3) is 0.148. The number of aliphatic hydroxyl groups is 1. The van der Waals surface area contributed by atoms with Crippen LogP contribution in [0.3, 0.4) is 0 Å². The largest absolute Gasteiger partial charge is 0.462 e. The van der Waals surface area contributed by atoms with Crippen molar-refractivity contribution in [3.63, 3.8) is 0 Å². The van der Waals surface area contributed by atoms with Gasteiger partial charge in [-0.2, -0.15) is 0 Å². The summed E-state index contributed by atoms with van der Waals surface area (Å²) in [5, 5.41) is 12.0. The van der Waals surface area contributed by atoms with Crippen molar-refractivity contribution in [2.45, 2.75) is 13.3 Å². The highest BCUT2D eigenvalue weighted by Crippen LogP contribution is 2.46. The lowest BCUT2D eigenvalue weighted by Gasteiger charge is -2.31. The van der Waals surface area contributed by atoms with Crippen molar-refractivity contribution in [2.24, 2.45) is 0 Å². The summed E-state index contributed by atoms with van der Waals surface area (Å²) < 4.78 is 5.45. The minimum atomic E-state index is -2.88. The van der Waals surface area contributed by atoms with E-state index in [-0.39, 0.29) is 18.5 Å². The summed E-state index contributed by atoms with van der Waals surface area (Å²) >= 11 is 0. The van der Waals surface area contributed by atoms with Crippen LogP contribution in [0, 0.1) is 0 Å². The molecule has 3 aromatic rings. The summed E-state index contributed by atoms with van der Waals surface area (Å²) in [6.45, 7) is -1.06. The van der Waals surface area contributed by atoms with Gasteiger partial charge < -0.3 is 9.84 Å². The average Bonchev–Trinajstić information content (AvgIpc) is 2.84. The molecule has 3 aromatic carbocycles. The number of esters is 1. The van der Waals surface area contributed by atoms with Crippen molar-refractivity contribution >= 4 is 39.8 Å². The van der Waals surface area contributed by atoms with E-state index in [9.17, 15) is 9.59 Å². The monoisotopic (exact) mass is 446 g/mol. The van der Waals surface area contributed by atoms with E-state index in [1.807, 2.05) is 91.0 Å². The van der Waals surface area contributed by atoms with Gasteiger partial charge in [0, 0.05) is 6.61 Å². The van der Waals surface area contributed by atoms with E-state index in [0.29, 0.717) is 6.42 Å². The van der Waals surface area contributed by atoms with Crippen molar-refractivity contribution in [1.82, 2.24) is 0 Å². The second-order valence-electron chi connectivity index (χ2n) is 7.03. The van der Waals surface area contributed by atoms with Crippen LogP contribution in [-0.2, 0) is 14.3 Å². The molecule has 0 fully saturated rings. The molecule has 1 N–H and O–H groups in total. The molecule has 5 heteroatoms. The van der Waals surface area contributed by atoms with E-state index < -0.39 is 18.6 Å². The Morgan fingerprint density at radius 2 is 1.25 bits per heavy atom. The fourth-order valence-corrected chi connectivity index (χ4v) is 8.01. The first-order valence-electron chi connectivity index (χ1n) is 10.6. The van der Waals surface area contributed by atoms with Gasteiger partial charge in [-0.15, -0.1) is 0 Å². The molecular weight excluding hydrogens is 419 g/mol. The zero-order chi connectivity index (χ0) is 22.8. The summed E-state index contributed by atoms with van der Waals surface area (Å²) in [4.78, 5) is 27.1. The molecule has 0 unspecified atom stereocenters. The Morgan fingerprint density at radius 1 is 0.812 bits per heavy atom. The predicted molar refractivity (Wildman–Crippen MR) is 133 cm³/mol. The average molecular weight is 446 g/mol. The number of carbonyl (C=O) groups excluding carboxylic acids is 2. The maximum Gasteiger partial charge on any atom is 0.343 e. The maximum absolute atomic E-state index is 13.6. The van der Waals surface area contributed by atoms with Crippen LogP contribution in [0.15, 0.2) is 103 Å². The zero-order valence-corrected chi connectivity index (χ0v) is 18.9. The Labute approximate surface area is 189 Å². The van der Waals surface area contributed by atoms with Crippen LogP contribution in [0.25, 0.3) is 0 Å². The molecule has 0 aliphatic heterocycles. The molecule has 0 radical (unpaired) electrons. The van der Waals surface area contributed by atoms with E-state index >= 15 is 0 Å². The molecule has 0 aromatic heterocycles. The van der Waals surface area contributed by atoms with Crippen molar-refractivity contribution < 1.29 is 19.4 Å². The molecule has 0 aliphatic rings. The smallest absolute Gasteiger partial charge is 0.343 e. The van der Waals surface area contributed by atoms with Crippen molar-refractivity contribution in [1.29, 1.82) is 0 Å². The van der Waals surface area contributed by atoms with Crippen molar-refractivity contribution in [2.75, 3.05) is 13.2 Å². The highest BCUT2D eigenvalue weighted by atomic mass is 31.2. The zero-order valence-electron chi connectivity index (χ0n) is 18.1. The first-order valence-corrected chi connectivity index (χ1v) is 12.4. The Bertz CT molecular complexity index is 1020. The number of ketones is 1. The maximum atomic E-state index is 13.6. The van der Waals surface area contributed by atoms with Crippen LogP contribution < -0.4 is 15.9 Å². The van der Waals surface area contributed by atoms with Gasteiger partial charge in [0.1, 0.15) is 5.29 Å².